The van der Waals surface area contributed by atoms with Crippen molar-refractivity contribution in [3.63, 3.8) is 0 Å². The number of hydrogen-bond donors (Lipinski definition) is 2. The summed E-state index contributed by atoms with van der Waals surface area (Å²) in [6.07, 6.45) is 1.84. The third-order valence-electron chi connectivity index (χ3n) is 4.08. The standard InChI is InChI=1S/C19H23F2N3O2S/c1-13(15-6-9-17(20)18(21)12-15)24-19(22-2)23-11-10-14-4-7-16(8-5-14)27(3,25)26/h4-9,12-13H,10-11H2,1-3H3,(H2,22,23,24). The van der Waals surface area contributed by atoms with Gasteiger partial charge in [0.1, 0.15) is 0 Å². The molecule has 0 aliphatic carbocycles. The van der Waals surface area contributed by atoms with Gasteiger partial charge in [0.25, 0.3) is 0 Å². The second-order valence-corrected chi connectivity index (χ2v) is 8.22. The van der Waals surface area contributed by atoms with E-state index in [0.29, 0.717) is 24.5 Å². The van der Waals surface area contributed by atoms with Crippen molar-refractivity contribution in [2.45, 2.75) is 24.3 Å². The first-order chi connectivity index (χ1) is 12.7. The Bertz CT molecular complexity index is 913. The van der Waals surface area contributed by atoms with E-state index in [1.165, 1.54) is 12.3 Å². The molecule has 0 radical (unpaired) electrons. The predicted octanol–water partition coefficient (Wildman–Crippen LogP) is 2.84. The van der Waals surface area contributed by atoms with Gasteiger partial charge in [-0.2, -0.15) is 0 Å². The fraction of sp³-hybridized carbons (Fsp3) is 0.316. The summed E-state index contributed by atoms with van der Waals surface area (Å²) in [5.41, 5.74) is 1.59. The van der Waals surface area contributed by atoms with Crippen LogP contribution >= 0.6 is 0 Å². The first-order valence-corrected chi connectivity index (χ1v) is 10.3. The van der Waals surface area contributed by atoms with Gasteiger partial charge in [-0.15, -0.1) is 0 Å². The predicted molar refractivity (Wildman–Crippen MR) is 103 cm³/mol. The molecule has 0 aliphatic rings. The van der Waals surface area contributed by atoms with Crippen LogP contribution in [0.15, 0.2) is 52.4 Å². The van der Waals surface area contributed by atoms with Crippen LogP contribution in [0.2, 0.25) is 0 Å². The zero-order chi connectivity index (χ0) is 20.0. The minimum absolute atomic E-state index is 0.264. The third-order valence-corrected chi connectivity index (χ3v) is 5.21. The van der Waals surface area contributed by atoms with Gasteiger partial charge in [-0.3, -0.25) is 4.99 Å². The van der Waals surface area contributed by atoms with E-state index in [0.717, 1.165) is 17.7 Å². The summed E-state index contributed by atoms with van der Waals surface area (Å²) in [5, 5.41) is 6.26. The van der Waals surface area contributed by atoms with Crippen molar-refractivity contribution in [3.8, 4) is 0 Å². The highest BCUT2D eigenvalue weighted by Crippen LogP contribution is 2.16. The van der Waals surface area contributed by atoms with Gasteiger partial charge in [-0.05, 0) is 48.7 Å². The molecule has 0 spiro atoms. The van der Waals surface area contributed by atoms with Crippen molar-refractivity contribution in [1.82, 2.24) is 10.6 Å². The number of benzene rings is 2. The second-order valence-electron chi connectivity index (χ2n) is 6.20. The van der Waals surface area contributed by atoms with Gasteiger partial charge in [0.2, 0.25) is 0 Å². The maximum atomic E-state index is 13.4. The van der Waals surface area contributed by atoms with Gasteiger partial charge in [0.05, 0.1) is 10.9 Å². The van der Waals surface area contributed by atoms with Crippen molar-refractivity contribution in [3.05, 3.63) is 65.2 Å². The van der Waals surface area contributed by atoms with E-state index in [2.05, 4.69) is 15.6 Å². The Kier molecular flexibility index (Phi) is 6.90. The normalized spacial score (nSPS) is 13.3. The lowest BCUT2D eigenvalue weighted by Gasteiger charge is -2.18. The Morgan fingerprint density at radius 2 is 1.78 bits per heavy atom. The number of guanidine groups is 1. The number of rotatable bonds is 6. The molecule has 2 aromatic carbocycles. The molecule has 0 amide bonds. The van der Waals surface area contributed by atoms with Crippen LogP contribution in [0.5, 0.6) is 0 Å². The van der Waals surface area contributed by atoms with Gasteiger partial charge in [0.15, 0.2) is 27.4 Å². The SMILES string of the molecule is CN=C(NCCc1ccc(S(C)(=O)=O)cc1)NC(C)c1ccc(F)c(F)c1. The highest BCUT2D eigenvalue weighted by Gasteiger charge is 2.11. The summed E-state index contributed by atoms with van der Waals surface area (Å²) < 4.78 is 49.3. The van der Waals surface area contributed by atoms with E-state index in [-0.39, 0.29) is 10.9 Å². The molecule has 0 fully saturated rings. The van der Waals surface area contributed by atoms with Gasteiger partial charge < -0.3 is 10.6 Å². The summed E-state index contributed by atoms with van der Waals surface area (Å²) in [7, 11) is -1.58. The molecule has 1 atom stereocenters. The second kappa shape index (κ2) is 8.94. The van der Waals surface area contributed by atoms with E-state index < -0.39 is 21.5 Å². The number of halogens is 2. The van der Waals surface area contributed by atoms with Crippen molar-refractivity contribution in [2.24, 2.45) is 4.99 Å². The molecular weight excluding hydrogens is 372 g/mol. The van der Waals surface area contributed by atoms with Crippen LogP contribution < -0.4 is 10.6 Å². The molecular formula is C19H23F2N3O2S. The maximum absolute atomic E-state index is 13.4. The number of hydrogen-bond acceptors (Lipinski definition) is 3. The quantitative estimate of drug-likeness (QED) is 0.583. The number of nitrogens with zero attached hydrogens (tertiary/aromatic N) is 1. The molecule has 2 rings (SSSR count). The number of nitrogens with one attached hydrogen (secondary N) is 2. The summed E-state index contributed by atoms with van der Waals surface area (Å²) in [6, 6.07) is 10.2. The van der Waals surface area contributed by atoms with Crippen molar-refractivity contribution in [1.29, 1.82) is 0 Å². The zero-order valence-corrected chi connectivity index (χ0v) is 16.3. The summed E-state index contributed by atoms with van der Waals surface area (Å²) in [4.78, 5) is 4.41. The fourth-order valence-corrected chi connectivity index (χ4v) is 3.12. The van der Waals surface area contributed by atoms with Gasteiger partial charge in [0, 0.05) is 19.8 Å². The van der Waals surface area contributed by atoms with Crippen LogP contribution in [0.25, 0.3) is 0 Å². The minimum atomic E-state index is -3.20. The van der Waals surface area contributed by atoms with Crippen LogP contribution in [0, 0.1) is 11.6 Å². The Morgan fingerprint density at radius 3 is 2.33 bits per heavy atom. The third kappa shape index (κ3) is 6.02. The van der Waals surface area contributed by atoms with Crippen LogP contribution in [0.4, 0.5) is 8.78 Å². The van der Waals surface area contributed by atoms with E-state index >= 15 is 0 Å². The molecule has 5 nitrogen and oxygen atoms in total. The molecule has 0 aromatic heterocycles. The highest BCUT2D eigenvalue weighted by atomic mass is 32.2. The lowest BCUT2D eigenvalue weighted by atomic mass is 10.1. The zero-order valence-electron chi connectivity index (χ0n) is 15.5. The van der Waals surface area contributed by atoms with Crippen molar-refractivity contribution < 1.29 is 17.2 Å². The number of sulfone groups is 1. The molecule has 0 bridgehead atoms. The van der Waals surface area contributed by atoms with Crippen LogP contribution in [-0.4, -0.2) is 34.2 Å². The lowest BCUT2D eigenvalue weighted by molar-refractivity contribution is 0.504. The maximum Gasteiger partial charge on any atom is 0.191 e. The molecule has 0 saturated carbocycles. The molecule has 8 heteroatoms. The van der Waals surface area contributed by atoms with Gasteiger partial charge in [-0.1, -0.05) is 18.2 Å². The molecule has 2 aromatic rings. The minimum Gasteiger partial charge on any atom is -0.356 e. The fourth-order valence-electron chi connectivity index (χ4n) is 2.49. The lowest BCUT2D eigenvalue weighted by Crippen LogP contribution is -2.39. The molecule has 1 unspecified atom stereocenters. The Morgan fingerprint density at radius 1 is 1.11 bits per heavy atom. The van der Waals surface area contributed by atoms with E-state index in [4.69, 9.17) is 0 Å². The Balaban J connectivity index is 1.89. The largest absolute Gasteiger partial charge is 0.356 e. The summed E-state index contributed by atoms with van der Waals surface area (Å²) in [6.45, 7) is 2.39. The average molecular weight is 395 g/mol. The monoisotopic (exact) mass is 395 g/mol. The van der Waals surface area contributed by atoms with Crippen LogP contribution in [-0.2, 0) is 16.3 Å². The molecule has 2 N–H and O–H groups in total. The van der Waals surface area contributed by atoms with Crippen LogP contribution in [0.1, 0.15) is 24.1 Å². The van der Waals surface area contributed by atoms with Gasteiger partial charge in [-0.25, -0.2) is 17.2 Å². The first-order valence-electron chi connectivity index (χ1n) is 8.42. The van der Waals surface area contributed by atoms with E-state index in [1.807, 2.05) is 6.92 Å². The van der Waals surface area contributed by atoms with Crippen molar-refractivity contribution in [2.75, 3.05) is 19.8 Å². The van der Waals surface area contributed by atoms with E-state index in [9.17, 15) is 17.2 Å². The summed E-state index contributed by atoms with van der Waals surface area (Å²) >= 11 is 0. The molecule has 0 saturated heterocycles. The number of aliphatic imine (C=N–C) groups is 1. The molecule has 0 aliphatic heterocycles. The molecule has 0 heterocycles. The van der Waals surface area contributed by atoms with Crippen LogP contribution in [0.3, 0.4) is 0 Å². The Labute approximate surface area is 158 Å². The topological polar surface area (TPSA) is 70.6 Å². The van der Waals surface area contributed by atoms with E-state index in [1.54, 1.807) is 31.3 Å². The molecule has 27 heavy (non-hydrogen) atoms. The summed E-state index contributed by atoms with van der Waals surface area (Å²) in [5.74, 6) is -1.24. The molecule has 146 valence electrons. The Hall–Kier alpha value is -2.48. The smallest absolute Gasteiger partial charge is 0.191 e. The first kappa shape index (κ1) is 20.8. The highest BCUT2D eigenvalue weighted by molar-refractivity contribution is 7.90. The average Bonchev–Trinajstić information content (AvgIpc) is 2.62. The van der Waals surface area contributed by atoms with Gasteiger partial charge >= 0.3 is 0 Å². The van der Waals surface area contributed by atoms with Crippen molar-refractivity contribution >= 4 is 15.8 Å².